The number of hydrogen-bond acceptors (Lipinski definition) is 3. The molecule has 0 heterocycles. The van der Waals surface area contributed by atoms with Crippen molar-refractivity contribution in [3.05, 3.63) is 36.4 Å². The van der Waals surface area contributed by atoms with E-state index in [0.717, 1.165) is 10.3 Å². The van der Waals surface area contributed by atoms with E-state index in [1.807, 2.05) is 39.0 Å². The van der Waals surface area contributed by atoms with Crippen LogP contribution >= 0.6 is 12.6 Å². The Morgan fingerprint density at radius 2 is 1.58 bits per heavy atom. The summed E-state index contributed by atoms with van der Waals surface area (Å²) < 4.78 is 27.5. The van der Waals surface area contributed by atoms with Crippen LogP contribution in [-0.4, -0.2) is 14.0 Å². The van der Waals surface area contributed by atoms with Gasteiger partial charge in [0.15, 0.2) is 0 Å². The van der Waals surface area contributed by atoms with Gasteiger partial charge in [0.2, 0.25) is 10.0 Å². The minimum atomic E-state index is -3.55. The molecule has 2 aromatic rings. The van der Waals surface area contributed by atoms with Crippen LogP contribution in [-0.2, 0) is 10.0 Å². The average molecular weight is 295 g/mol. The molecule has 0 aliphatic rings. The Morgan fingerprint density at radius 1 is 1.00 bits per heavy atom. The predicted octanol–water partition coefficient (Wildman–Crippen LogP) is 3.21. The van der Waals surface area contributed by atoms with Crippen LogP contribution in [0.15, 0.2) is 46.2 Å². The van der Waals surface area contributed by atoms with Crippen LogP contribution in [0.25, 0.3) is 10.8 Å². The zero-order valence-electron chi connectivity index (χ0n) is 11.1. The molecule has 1 N–H and O–H groups in total. The van der Waals surface area contributed by atoms with Crippen molar-refractivity contribution in [3.8, 4) is 0 Å². The van der Waals surface area contributed by atoms with Crippen molar-refractivity contribution in [2.45, 2.75) is 36.1 Å². The van der Waals surface area contributed by atoms with Crippen LogP contribution in [0.5, 0.6) is 0 Å². The molecule has 0 radical (unpaired) electrons. The summed E-state index contributed by atoms with van der Waals surface area (Å²) in [6, 6.07) is 10.7. The maximum absolute atomic E-state index is 12.4. The van der Waals surface area contributed by atoms with Crippen LogP contribution in [0.2, 0.25) is 0 Å². The Morgan fingerprint density at radius 3 is 2.16 bits per heavy atom. The molecule has 0 saturated carbocycles. The fourth-order valence-corrected chi connectivity index (χ4v) is 3.85. The summed E-state index contributed by atoms with van der Waals surface area (Å²) in [7, 11) is -3.55. The SMILES string of the molecule is CC(C)(C)NS(=O)(=O)c1ccc(S)c2ccccc12. The first-order chi connectivity index (χ1) is 8.71. The third-order valence-electron chi connectivity index (χ3n) is 2.59. The fourth-order valence-electron chi connectivity index (χ4n) is 1.95. The predicted molar refractivity (Wildman–Crippen MR) is 81.3 cm³/mol. The number of hydrogen-bond donors (Lipinski definition) is 2. The molecule has 3 nitrogen and oxygen atoms in total. The Hall–Kier alpha value is -1.04. The van der Waals surface area contributed by atoms with Gasteiger partial charge in [-0.2, -0.15) is 0 Å². The van der Waals surface area contributed by atoms with E-state index < -0.39 is 15.6 Å². The Bertz CT molecular complexity index is 716. The van der Waals surface area contributed by atoms with Gasteiger partial charge in [0, 0.05) is 15.8 Å². The standard InChI is InChI=1S/C14H17NO2S2/c1-14(2,3)15-19(16,17)13-9-8-12(18)10-6-4-5-7-11(10)13/h4-9,15,18H,1-3H3. The highest BCUT2D eigenvalue weighted by Crippen LogP contribution is 2.28. The van der Waals surface area contributed by atoms with E-state index in [1.165, 1.54) is 0 Å². The van der Waals surface area contributed by atoms with Gasteiger partial charge >= 0.3 is 0 Å². The average Bonchev–Trinajstić information content (AvgIpc) is 2.26. The van der Waals surface area contributed by atoms with E-state index in [-0.39, 0.29) is 4.90 Å². The maximum atomic E-state index is 12.4. The number of fused-ring (bicyclic) bond motifs is 1. The molecule has 2 rings (SSSR count). The van der Waals surface area contributed by atoms with E-state index in [2.05, 4.69) is 17.4 Å². The summed E-state index contributed by atoms with van der Waals surface area (Å²) in [5.41, 5.74) is -0.514. The molecule has 102 valence electrons. The molecule has 0 unspecified atom stereocenters. The molecule has 0 aromatic heterocycles. The highest BCUT2D eigenvalue weighted by atomic mass is 32.2. The Labute approximate surface area is 119 Å². The third kappa shape index (κ3) is 3.11. The molecule has 0 spiro atoms. The number of thiol groups is 1. The van der Waals surface area contributed by atoms with Gasteiger partial charge in [0.1, 0.15) is 0 Å². The van der Waals surface area contributed by atoms with Gasteiger partial charge in [-0.1, -0.05) is 24.3 Å². The van der Waals surface area contributed by atoms with Crippen molar-refractivity contribution in [2.24, 2.45) is 0 Å². The summed E-state index contributed by atoms with van der Waals surface area (Å²) in [5, 5.41) is 1.52. The molecular weight excluding hydrogens is 278 g/mol. The van der Waals surface area contributed by atoms with Crippen LogP contribution < -0.4 is 4.72 Å². The van der Waals surface area contributed by atoms with Crippen LogP contribution in [0.4, 0.5) is 0 Å². The second-order valence-electron chi connectivity index (χ2n) is 5.48. The van der Waals surface area contributed by atoms with Crippen molar-refractivity contribution in [2.75, 3.05) is 0 Å². The van der Waals surface area contributed by atoms with Gasteiger partial charge in [-0.15, -0.1) is 12.6 Å². The van der Waals surface area contributed by atoms with Crippen molar-refractivity contribution in [1.82, 2.24) is 4.72 Å². The zero-order valence-corrected chi connectivity index (χ0v) is 12.8. The molecule has 0 aliphatic heterocycles. The first kappa shape index (κ1) is 14.4. The van der Waals surface area contributed by atoms with Crippen LogP contribution in [0.1, 0.15) is 20.8 Å². The Kier molecular flexibility index (Phi) is 3.64. The quantitative estimate of drug-likeness (QED) is 0.836. The normalized spacial score (nSPS) is 12.8. The minimum absolute atomic E-state index is 0.288. The molecule has 19 heavy (non-hydrogen) atoms. The molecular formula is C14H17NO2S2. The molecule has 0 bridgehead atoms. The lowest BCUT2D eigenvalue weighted by Crippen LogP contribution is -2.40. The first-order valence-corrected chi connectivity index (χ1v) is 7.88. The fraction of sp³-hybridized carbons (Fsp3) is 0.286. The lowest BCUT2D eigenvalue weighted by Gasteiger charge is -2.21. The van der Waals surface area contributed by atoms with Gasteiger partial charge in [-0.05, 0) is 38.3 Å². The number of nitrogens with one attached hydrogen (secondary N) is 1. The summed E-state index contributed by atoms with van der Waals surface area (Å²) >= 11 is 4.36. The Balaban J connectivity index is 2.67. The number of benzene rings is 2. The highest BCUT2D eigenvalue weighted by molar-refractivity contribution is 7.89. The maximum Gasteiger partial charge on any atom is 0.241 e. The van der Waals surface area contributed by atoms with Gasteiger partial charge in [0.25, 0.3) is 0 Å². The van der Waals surface area contributed by atoms with Crippen LogP contribution in [0, 0.1) is 0 Å². The van der Waals surface area contributed by atoms with Gasteiger partial charge in [-0.25, -0.2) is 13.1 Å². The van der Waals surface area contributed by atoms with Crippen molar-refractivity contribution in [3.63, 3.8) is 0 Å². The van der Waals surface area contributed by atoms with Crippen LogP contribution in [0.3, 0.4) is 0 Å². The highest BCUT2D eigenvalue weighted by Gasteiger charge is 2.23. The third-order valence-corrected chi connectivity index (χ3v) is 4.80. The topological polar surface area (TPSA) is 46.2 Å². The number of sulfonamides is 1. The smallest absolute Gasteiger partial charge is 0.207 e. The zero-order chi connectivity index (χ0) is 14.3. The van der Waals surface area contributed by atoms with Crippen molar-refractivity contribution < 1.29 is 8.42 Å². The molecule has 0 saturated heterocycles. The first-order valence-electron chi connectivity index (χ1n) is 5.95. The molecule has 2 aromatic carbocycles. The van der Waals surface area contributed by atoms with Gasteiger partial charge in [0.05, 0.1) is 4.90 Å². The van der Waals surface area contributed by atoms with E-state index in [9.17, 15) is 8.42 Å². The van der Waals surface area contributed by atoms with Crippen molar-refractivity contribution in [1.29, 1.82) is 0 Å². The van der Waals surface area contributed by atoms with E-state index in [0.29, 0.717) is 5.39 Å². The lowest BCUT2D eigenvalue weighted by atomic mass is 10.1. The second-order valence-corrected chi connectivity index (χ2v) is 7.62. The van der Waals surface area contributed by atoms with Gasteiger partial charge < -0.3 is 0 Å². The van der Waals surface area contributed by atoms with Crippen molar-refractivity contribution >= 4 is 33.4 Å². The van der Waals surface area contributed by atoms with E-state index >= 15 is 0 Å². The molecule has 0 aliphatic carbocycles. The van der Waals surface area contributed by atoms with Gasteiger partial charge in [-0.3, -0.25) is 0 Å². The molecule has 0 fully saturated rings. The molecule has 0 amide bonds. The van der Waals surface area contributed by atoms with E-state index in [4.69, 9.17) is 0 Å². The second kappa shape index (κ2) is 4.81. The summed E-state index contributed by atoms with van der Waals surface area (Å²) in [6.45, 7) is 5.46. The summed E-state index contributed by atoms with van der Waals surface area (Å²) in [4.78, 5) is 1.06. The largest absolute Gasteiger partial charge is 0.241 e. The molecule has 0 atom stereocenters. The van der Waals surface area contributed by atoms with E-state index in [1.54, 1.807) is 18.2 Å². The minimum Gasteiger partial charge on any atom is -0.207 e. The summed E-state index contributed by atoms with van der Waals surface area (Å²) in [6.07, 6.45) is 0. The molecule has 5 heteroatoms. The monoisotopic (exact) mass is 295 g/mol. The lowest BCUT2D eigenvalue weighted by molar-refractivity contribution is 0.492. The summed E-state index contributed by atoms with van der Waals surface area (Å²) in [5.74, 6) is 0. The number of rotatable bonds is 2.